The van der Waals surface area contributed by atoms with Gasteiger partial charge in [-0.05, 0) is 12.8 Å². The molecule has 0 aromatic carbocycles. The van der Waals surface area contributed by atoms with E-state index in [-0.39, 0.29) is 5.92 Å². The van der Waals surface area contributed by atoms with Crippen molar-refractivity contribution in [1.29, 1.82) is 0 Å². The molecule has 1 aromatic heterocycles. The van der Waals surface area contributed by atoms with E-state index < -0.39 is 0 Å². The largest absolute Gasteiger partial charge is 0.383 e. The molecule has 0 aliphatic carbocycles. The molecule has 0 amide bonds. The molecule has 0 saturated carbocycles. The van der Waals surface area contributed by atoms with E-state index in [0.717, 1.165) is 25.3 Å². The van der Waals surface area contributed by atoms with Crippen molar-refractivity contribution in [3.05, 3.63) is 5.82 Å². The molecule has 1 saturated heterocycles. The number of rotatable bonds is 5. The lowest BCUT2D eigenvalue weighted by molar-refractivity contribution is 0.0773. The lowest BCUT2D eigenvalue weighted by Crippen LogP contribution is -2.16. The smallest absolute Gasteiger partial charge is 0.321 e. The monoisotopic (exact) mass is 227 g/mol. The second-order valence-electron chi connectivity index (χ2n) is 3.79. The van der Waals surface area contributed by atoms with Crippen molar-refractivity contribution in [3.63, 3.8) is 0 Å². The Morgan fingerprint density at radius 1 is 1.56 bits per heavy atom. The first-order valence-electron chi connectivity index (χ1n) is 5.54. The van der Waals surface area contributed by atoms with E-state index in [0.29, 0.717) is 25.8 Å². The molecule has 0 spiro atoms. The molecule has 1 N–H and O–H groups in total. The average Bonchev–Trinajstić information content (AvgIpc) is 2.79. The highest BCUT2D eigenvalue weighted by Gasteiger charge is 2.21. The quantitative estimate of drug-likeness (QED) is 0.757. The second kappa shape index (κ2) is 5.81. The normalized spacial score (nSPS) is 20.9. The molecule has 1 aromatic rings. The van der Waals surface area contributed by atoms with Gasteiger partial charge in [-0.25, -0.2) is 0 Å². The molecule has 2 rings (SSSR count). The maximum Gasteiger partial charge on any atom is 0.321 e. The Kier molecular flexibility index (Phi) is 4.12. The third-order valence-corrected chi connectivity index (χ3v) is 2.55. The number of aromatic nitrogens is 2. The summed E-state index contributed by atoms with van der Waals surface area (Å²) in [6.07, 6.45) is 2.13. The van der Waals surface area contributed by atoms with Gasteiger partial charge in [0.2, 0.25) is 0 Å². The first kappa shape index (κ1) is 11.3. The Morgan fingerprint density at radius 2 is 2.50 bits per heavy atom. The number of anilines is 1. The molecule has 90 valence electrons. The summed E-state index contributed by atoms with van der Waals surface area (Å²) >= 11 is 0. The van der Waals surface area contributed by atoms with E-state index in [9.17, 15) is 0 Å². The first-order valence-corrected chi connectivity index (χ1v) is 5.54. The highest BCUT2D eigenvalue weighted by Crippen LogP contribution is 2.23. The van der Waals surface area contributed by atoms with Crippen LogP contribution >= 0.6 is 0 Å². The summed E-state index contributed by atoms with van der Waals surface area (Å²) in [5.74, 6) is 1.01. The van der Waals surface area contributed by atoms with Crippen LogP contribution < -0.4 is 5.32 Å². The SMILES string of the molecule is COCCNc1nc(C2CCCOC2)no1. The van der Waals surface area contributed by atoms with E-state index in [1.807, 2.05) is 0 Å². The summed E-state index contributed by atoms with van der Waals surface area (Å²) in [5, 5.41) is 6.95. The van der Waals surface area contributed by atoms with Crippen molar-refractivity contribution in [2.75, 3.05) is 38.8 Å². The van der Waals surface area contributed by atoms with Gasteiger partial charge in [0.15, 0.2) is 5.82 Å². The van der Waals surface area contributed by atoms with Crippen molar-refractivity contribution in [2.24, 2.45) is 0 Å². The Balaban J connectivity index is 1.85. The molecule has 1 atom stereocenters. The van der Waals surface area contributed by atoms with E-state index in [1.54, 1.807) is 7.11 Å². The van der Waals surface area contributed by atoms with E-state index in [2.05, 4.69) is 15.5 Å². The highest BCUT2D eigenvalue weighted by atomic mass is 16.5. The topological polar surface area (TPSA) is 69.4 Å². The van der Waals surface area contributed by atoms with Gasteiger partial charge >= 0.3 is 6.01 Å². The van der Waals surface area contributed by atoms with Gasteiger partial charge < -0.3 is 19.3 Å². The van der Waals surface area contributed by atoms with Crippen molar-refractivity contribution < 1.29 is 14.0 Å². The fourth-order valence-electron chi connectivity index (χ4n) is 1.68. The zero-order valence-electron chi connectivity index (χ0n) is 9.44. The lowest BCUT2D eigenvalue weighted by Gasteiger charge is -2.18. The standard InChI is InChI=1S/C10H17N3O3/c1-14-6-4-11-10-12-9(13-16-10)8-3-2-5-15-7-8/h8H,2-7H2,1H3,(H,11,12,13). The van der Waals surface area contributed by atoms with Crippen LogP contribution in [0, 0.1) is 0 Å². The molecule has 6 heteroatoms. The predicted molar refractivity (Wildman–Crippen MR) is 57.5 cm³/mol. The van der Waals surface area contributed by atoms with Crippen LogP contribution in [0.5, 0.6) is 0 Å². The first-order chi connectivity index (χ1) is 7.90. The van der Waals surface area contributed by atoms with E-state index in [4.69, 9.17) is 14.0 Å². The van der Waals surface area contributed by atoms with Crippen molar-refractivity contribution >= 4 is 6.01 Å². The summed E-state index contributed by atoms with van der Waals surface area (Å²) in [5.41, 5.74) is 0. The maximum absolute atomic E-state index is 5.38. The molecule has 1 aliphatic rings. The zero-order chi connectivity index (χ0) is 11.2. The molecule has 1 fully saturated rings. The minimum atomic E-state index is 0.274. The Hall–Kier alpha value is -1.14. The van der Waals surface area contributed by atoms with Crippen LogP contribution in [0.3, 0.4) is 0 Å². The van der Waals surface area contributed by atoms with Gasteiger partial charge in [-0.3, -0.25) is 0 Å². The van der Waals surface area contributed by atoms with Gasteiger partial charge in [0.1, 0.15) is 0 Å². The third-order valence-electron chi connectivity index (χ3n) is 2.55. The second-order valence-corrected chi connectivity index (χ2v) is 3.79. The summed E-state index contributed by atoms with van der Waals surface area (Å²) in [4.78, 5) is 4.28. The van der Waals surface area contributed by atoms with Crippen LogP contribution in [0.4, 0.5) is 6.01 Å². The van der Waals surface area contributed by atoms with Crippen LogP contribution in [-0.4, -0.2) is 43.6 Å². The zero-order valence-corrected chi connectivity index (χ0v) is 9.44. The van der Waals surface area contributed by atoms with Gasteiger partial charge in [0, 0.05) is 26.2 Å². The van der Waals surface area contributed by atoms with Gasteiger partial charge in [0.25, 0.3) is 0 Å². The van der Waals surface area contributed by atoms with Gasteiger partial charge in [-0.1, -0.05) is 5.16 Å². The number of hydrogen-bond acceptors (Lipinski definition) is 6. The molecular formula is C10H17N3O3. The Labute approximate surface area is 94.3 Å². The third kappa shape index (κ3) is 2.93. The fourth-order valence-corrected chi connectivity index (χ4v) is 1.68. The number of ether oxygens (including phenoxy) is 2. The van der Waals surface area contributed by atoms with Gasteiger partial charge in [-0.2, -0.15) is 4.98 Å². The number of nitrogens with one attached hydrogen (secondary N) is 1. The minimum absolute atomic E-state index is 0.274. The molecule has 1 aliphatic heterocycles. The van der Waals surface area contributed by atoms with E-state index >= 15 is 0 Å². The van der Waals surface area contributed by atoms with Gasteiger partial charge in [0.05, 0.1) is 13.2 Å². The number of nitrogens with zero attached hydrogens (tertiary/aromatic N) is 2. The lowest BCUT2D eigenvalue weighted by atomic mass is 10.0. The molecule has 2 heterocycles. The Bertz CT molecular complexity index is 310. The van der Waals surface area contributed by atoms with E-state index in [1.165, 1.54) is 0 Å². The van der Waals surface area contributed by atoms with Crippen LogP contribution in [0.2, 0.25) is 0 Å². The summed E-state index contributed by atoms with van der Waals surface area (Å²) in [6, 6.07) is 0.456. The summed E-state index contributed by atoms with van der Waals surface area (Å²) in [6.45, 7) is 2.81. The number of methoxy groups -OCH3 is 1. The number of hydrogen-bond donors (Lipinski definition) is 1. The fraction of sp³-hybridized carbons (Fsp3) is 0.800. The summed E-state index contributed by atoms with van der Waals surface area (Å²) < 4.78 is 15.4. The minimum Gasteiger partial charge on any atom is -0.383 e. The van der Waals surface area contributed by atoms with Crippen LogP contribution in [0.15, 0.2) is 4.52 Å². The molecule has 1 unspecified atom stereocenters. The van der Waals surface area contributed by atoms with Crippen LogP contribution in [0.25, 0.3) is 0 Å². The van der Waals surface area contributed by atoms with Gasteiger partial charge in [-0.15, -0.1) is 0 Å². The molecule has 0 radical (unpaired) electrons. The average molecular weight is 227 g/mol. The van der Waals surface area contributed by atoms with Crippen LogP contribution in [0.1, 0.15) is 24.6 Å². The van der Waals surface area contributed by atoms with Crippen molar-refractivity contribution in [3.8, 4) is 0 Å². The Morgan fingerprint density at radius 3 is 3.25 bits per heavy atom. The highest BCUT2D eigenvalue weighted by molar-refractivity contribution is 5.19. The molecule has 0 bridgehead atoms. The van der Waals surface area contributed by atoms with Crippen LogP contribution in [-0.2, 0) is 9.47 Å². The van der Waals surface area contributed by atoms with Crippen molar-refractivity contribution in [1.82, 2.24) is 10.1 Å². The maximum atomic E-state index is 5.38. The van der Waals surface area contributed by atoms with Crippen molar-refractivity contribution in [2.45, 2.75) is 18.8 Å². The molecular weight excluding hydrogens is 210 g/mol. The molecule has 16 heavy (non-hydrogen) atoms. The predicted octanol–water partition coefficient (Wildman–Crippen LogP) is 1.02. The molecule has 6 nitrogen and oxygen atoms in total. The summed E-state index contributed by atoms with van der Waals surface area (Å²) in [7, 11) is 1.65.